The van der Waals surface area contributed by atoms with Crippen LogP contribution < -0.4 is 14.8 Å². The Bertz CT molecular complexity index is 1200. The van der Waals surface area contributed by atoms with E-state index < -0.39 is 0 Å². The van der Waals surface area contributed by atoms with Crippen molar-refractivity contribution >= 4 is 11.6 Å². The molecule has 2 aromatic heterocycles. The first-order chi connectivity index (χ1) is 15.5. The summed E-state index contributed by atoms with van der Waals surface area (Å²) < 4.78 is 13.3. The number of hydrogen-bond acceptors (Lipinski definition) is 4. The van der Waals surface area contributed by atoms with Gasteiger partial charge in [-0.1, -0.05) is 18.2 Å². The Labute approximate surface area is 187 Å². The minimum atomic E-state index is -0.131. The molecule has 1 N–H and O–H groups in total. The van der Waals surface area contributed by atoms with Gasteiger partial charge in [-0.3, -0.25) is 4.79 Å². The van der Waals surface area contributed by atoms with Gasteiger partial charge in [0.1, 0.15) is 23.8 Å². The summed E-state index contributed by atoms with van der Waals surface area (Å²) in [7, 11) is 0. The number of rotatable bonds is 8. The number of amides is 1. The van der Waals surface area contributed by atoms with Gasteiger partial charge >= 0.3 is 0 Å². The second-order valence-corrected chi connectivity index (χ2v) is 7.66. The molecule has 1 unspecified atom stereocenters. The second kappa shape index (κ2) is 9.56. The van der Waals surface area contributed by atoms with Crippen molar-refractivity contribution in [1.29, 1.82) is 0 Å². The first-order valence-electron chi connectivity index (χ1n) is 10.7. The number of pyridine rings is 1. The van der Waals surface area contributed by atoms with Crippen LogP contribution in [0.2, 0.25) is 0 Å². The molecule has 32 heavy (non-hydrogen) atoms. The van der Waals surface area contributed by atoms with Gasteiger partial charge in [-0.2, -0.15) is 0 Å². The summed E-state index contributed by atoms with van der Waals surface area (Å²) >= 11 is 0. The van der Waals surface area contributed by atoms with Gasteiger partial charge in [0, 0.05) is 18.0 Å². The number of fused-ring (bicyclic) bond motifs is 1. The van der Waals surface area contributed by atoms with E-state index in [2.05, 4.69) is 10.3 Å². The normalized spacial score (nSPS) is 11.8. The number of hydrogen-bond donors (Lipinski definition) is 1. The van der Waals surface area contributed by atoms with E-state index in [1.165, 1.54) is 0 Å². The molecular weight excluding hydrogens is 402 g/mol. The van der Waals surface area contributed by atoms with Crippen LogP contribution in [0.4, 0.5) is 0 Å². The first-order valence-corrected chi connectivity index (χ1v) is 10.7. The first kappa shape index (κ1) is 21.4. The van der Waals surface area contributed by atoms with Crippen LogP contribution in [0.25, 0.3) is 5.65 Å². The highest BCUT2D eigenvalue weighted by Gasteiger charge is 2.12. The van der Waals surface area contributed by atoms with Gasteiger partial charge in [0.05, 0.1) is 18.3 Å². The Kier molecular flexibility index (Phi) is 6.40. The van der Waals surface area contributed by atoms with Gasteiger partial charge in [0.2, 0.25) is 0 Å². The molecule has 1 atom stereocenters. The minimum Gasteiger partial charge on any atom is -0.494 e. The molecule has 6 heteroatoms. The third-order valence-corrected chi connectivity index (χ3v) is 5.27. The standard InChI is InChI=1S/C26H27N3O3/c1-4-31-23-11-7-20(8-12-23)19(3)27-26(30)21-9-13-24(14-10-21)32-17-22-16-29-15-5-6-18(2)25(29)28-22/h5-16,19H,4,17H2,1-3H3,(H,27,30). The van der Waals surface area contributed by atoms with Crippen LogP contribution >= 0.6 is 0 Å². The zero-order chi connectivity index (χ0) is 22.5. The number of aromatic nitrogens is 2. The predicted molar refractivity (Wildman–Crippen MR) is 124 cm³/mol. The number of ether oxygens (including phenoxy) is 2. The summed E-state index contributed by atoms with van der Waals surface area (Å²) in [6, 6.07) is 18.8. The largest absolute Gasteiger partial charge is 0.494 e. The average Bonchev–Trinajstić information content (AvgIpc) is 3.23. The van der Waals surface area contributed by atoms with Crippen LogP contribution in [0.1, 0.15) is 47.1 Å². The molecular formula is C26H27N3O3. The Balaban J connectivity index is 1.34. The van der Waals surface area contributed by atoms with Crippen LogP contribution in [0, 0.1) is 6.92 Å². The lowest BCUT2D eigenvalue weighted by atomic mass is 10.1. The smallest absolute Gasteiger partial charge is 0.251 e. The van der Waals surface area contributed by atoms with Crippen molar-refractivity contribution in [2.45, 2.75) is 33.4 Å². The summed E-state index contributed by atoms with van der Waals surface area (Å²) in [4.78, 5) is 17.2. The number of benzene rings is 2. The maximum absolute atomic E-state index is 12.6. The summed E-state index contributed by atoms with van der Waals surface area (Å²) in [5.74, 6) is 1.38. The molecule has 2 heterocycles. The van der Waals surface area contributed by atoms with Gasteiger partial charge in [-0.15, -0.1) is 0 Å². The third-order valence-electron chi connectivity index (χ3n) is 5.27. The molecule has 0 saturated carbocycles. The fourth-order valence-corrected chi connectivity index (χ4v) is 3.52. The van der Waals surface area contributed by atoms with Crippen molar-refractivity contribution in [3.05, 3.63) is 95.4 Å². The van der Waals surface area contributed by atoms with E-state index in [-0.39, 0.29) is 11.9 Å². The SMILES string of the molecule is CCOc1ccc(C(C)NC(=O)c2ccc(OCc3cn4cccc(C)c4n3)cc2)cc1. The maximum Gasteiger partial charge on any atom is 0.251 e. The number of aryl methyl sites for hydroxylation is 1. The van der Waals surface area contributed by atoms with E-state index in [0.717, 1.165) is 28.2 Å². The van der Waals surface area contributed by atoms with Crippen LogP contribution in [0.3, 0.4) is 0 Å². The highest BCUT2D eigenvalue weighted by Crippen LogP contribution is 2.19. The van der Waals surface area contributed by atoms with Gasteiger partial charge in [0.15, 0.2) is 0 Å². The van der Waals surface area contributed by atoms with Gasteiger partial charge < -0.3 is 19.2 Å². The molecule has 6 nitrogen and oxygen atoms in total. The lowest BCUT2D eigenvalue weighted by Crippen LogP contribution is -2.26. The van der Waals surface area contributed by atoms with Gasteiger partial charge in [-0.05, 0) is 74.4 Å². The Morgan fingerprint density at radius 3 is 2.41 bits per heavy atom. The van der Waals surface area contributed by atoms with Crippen LogP contribution in [-0.4, -0.2) is 21.9 Å². The monoisotopic (exact) mass is 429 g/mol. The molecule has 1 amide bonds. The number of nitrogens with zero attached hydrogens (tertiary/aromatic N) is 2. The maximum atomic E-state index is 12.6. The molecule has 2 aromatic carbocycles. The molecule has 0 aliphatic rings. The molecule has 164 valence electrons. The van der Waals surface area contributed by atoms with Gasteiger partial charge in [0.25, 0.3) is 5.91 Å². The van der Waals surface area contributed by atoms with Crippen molar-refractivity contribution in [3.8, 4) is 11.5 Å². The topological polar surface area (TPSA) is 64.9 Å². The zero-order valence-electron chi connectivity index (χ0n) is 18.5. The summed E-state index contributed by atoms with van der Waals surface area (Å²) in [6.07, 6.45) is 3.94. The van der Waals surface area contributed by atoms with Crippen molar-refractivity contribution in [1.82, 2.24) is 14.7 Å². The van der Waals surface area contributed by atoms with E-state index in [1.54, 1.807) is 24.3 Å². The number of carbonyl (C=O) groups excluding carboxylic acids is 1. The van der Waals surface area contributed by atoms with E-state index in [0.29, 0.717) is 24.5 Å². The highest BCUT2D eigenvalue weighted by atomic mass is 16.5. The molecule has 0 aliphatic heterocycles. The van der Waals surface area contributed by atoms with E-state index in [9.17, 15) is 4.79 Å². The fourth-order valence-electron chi connectivity index (χ4n) is 3.52. The molecule has 0 spiro atoms. The van der Waals surface area contributed by atoms with Crippen LogP contribution in [0.15, 0.2) is 73.1 Å². The summed E-state index contributed by atoms with van der Waals surface area (Å²) in [5.41, 5.74) is 4.50. The Morgan fingerprint density at radius 1 is 1.03 bits per heavy atom. The molecule has 0 saturated heterocycles. The van der Waals surface area contributed by atoms with E-state index in [4.69, 9.17) is 9.47 Å². The van der Waals surface area contributed by atoms with Crippen LogP contribution in [-0.2, 0) is 6.61 Å². The molecule has 0 fully saturated rings. The van der Waals surface area contributed by atoms with Gasteiger partial charge in [-0.25, -0.2) is 4.98 Å². The Morgan fingerprint density at radius 2 is 1.72 bits per heavy atom. The molecule has 0 bridgehead atoms. The second-order valence-electron chi connectivity index (χ2n) is 7.66. The molecule has 4 rings (SSSR count). The minimum absolute atomic E-state index is 0.118. The van der Waals surface area contributed by atoms with Crippen molar-refractivity contribution in [3.63, 3.8) is 0 Å². The highest BCUT2D eigenvalue weighted by molar-refractivity contribution is 5.94. The quantitative estimate of drug-likeness (QED) is 0.423. The van der Waals surface area contributed by atoms with Crippen molar-refractivity contribution in [2.24, 2.45) is 0 Å². The summed E-state index contributed by atoms with van der Waals surface area (Å²) in [5, 5.41) is 3.03. The molecule has 0 radical (unpaired) electrons. The molecule has 0 aliphatic carbocycles. The zero-order valence-corrected chi connectivity index (χ0v) is 18.5. The number of carbonyl (C=O) groups is 1. The lowest BCUT2D eigenvalue weighted by molar-refractivity contribution is 0.0940. The van der Waals surface area contributed by atoms with E-state index >= 15 is 0 Å². The van der Waals surface area contributed by atoms with E-state index in [1.807, 2.05) is 74.0 Å². The van der Waals surface area contributed by atoms with Crippen LogP contribution in [0.5, 0.6) is 11.5 Å². The predicted octanol–water partition coefficient (Wildman–Crippen LogP) is 5.11. The van der Waals surface area contributed by atoms with Crippen molar-refractivity contribution in [2.75, 3.05) is 6.61 Å². The fraction of sp³-hybridized carbons (Fsp3) is 0.231. The number of nitrogens with one attached hydrogen (secondary N) is 1. The average molecular weight is 430 g/mol. The number of imidazole rings is 1. The Hall–Kier alpha value is -3.80. The summed E-state index contributed by atoms with van der Waals surface area (Å²) in [6.45, 7) is 6.94. The molecule has 4 aromatic rings. The third kappa shape index (κ3) is 4.91. The van der Waals surface area contributed by atoms with Crippen molar-refractivity contribution < 1.29 is 14.3 Å². The lowest BCUT2D eigenvalue weighted by Gasteiger charge is -2.15.